The van der Waals surface area contributed by atoms with Crippen LogP contribution in [0.15, 0.2) is 6.20 Å². The Morgan fingerprint density at radius 3 is 2.81 bits per heavy atom. The third kappa shape index (κ3) is 3.10. The Kier molecular flexibility index (Phi) is 4.07. The molecule has 2 rings (SSSR count). The first-order valence-corrected chi connectivity index (χ1v) is 6.47. The minimum Gasteiger partial charge on any atom is -0.476 e. The van der Waals surface area contributed by atoms with E-state index in [-0.39, 0.29) is 23.7 Å². The lowest BCUT2D eigenvalue weighted by Gasteiger charge is -2.40. The average molecular weight is 292 g/mol. The molecule has 1 aliphatic heterocycles. The highest BCUT2D eigenvalue weighted by atomic mass is 16.4. The molecule has 1 aromatic heterocycles. The largest absolute Gasteiger partial charge is 0.476 e. The summed E-state index contributed by atoms with van der Waals surface area (Å²) in [6.45, 7) is 3.04. The number of hydrogen-bond donors (Lipinski definition) is 1. The molecular formula is C12H16N6O3. The zero-order chi connectivity index (χ0) is 15.6. The van der Waals surface area contributed by atoms with Crippen molar-refractivity contribution >= 4 is 12.0 Å². The summed E-state index contributed by atoms with van der Waals surface area (Å²) in [5.74, 6) is -1.34. The topological polar surface area (TPSA) is 115 Å². The number of nitrogens with zero attached hydrogens (tertiary/aromatic N) is 6. The van der Waals surface area contributed by atoms with E-state index in [1.807, 2.05) is 0 Å². The van der Waals surface area contributed by atoms with Crippen LogP contribution in [0.1, 0.15) is 23.5 Å². The number of likely N-dealkylation sites (tertiary alicyclic amines) is 1. The van der Waals surface area contributed by atoms with Gasteiger partial charge in [0.1, 0.15) is 0 Å². The maximum atomic E-state index is 12.1. The van der Waals surface area contributed by atoms with E-state index in [0.717, 1.165) is 0 Å². The summed E-state index contributed by atoms with van der Waals surface area (Å²) < 4.78 is 1.46. The van der Waals surface area contributed by atoms with Crippen molar-refractivity contribution in [2.75, 3.05) is 26.7 Å². The quantitative estimate of drug-likeness (QED) is 0.838. The van der Waals surface area contributed by atoms with Gasteiger partial charge in [0.25, 0.3) is 0 Å². The number of carbonyl (C=O) groups excluding carboxylic acids is 1. The molecule has 0 aliphatic carbocycles. The van der Waals surface area contributed by atoms with E-state index in [4.69, 9.17) is 10.4 Å². The molecule has 1 aliphatic rings. The third-order valence-electron chi connectivity index (χ3n) is 3.33. The second-order valence-electron chi connectivity index (χ2n) is 5.14. The Bertz CT molecular complexity index is 586. The number of carboxylic acid groups (broad SMARTS) is 1. The standard InChI is InChI=1S/C12H16N6O3/c1-8(3-13)4-16(2)12(21)17-5-9(6-17)18-7-10(11(19)20)14-15-18/h7-9H,4-6H2,1-2H3,(H,19,20). The van der Waals surface area contributed by atoms with Crippen LogP contribution >= 0.6 is 0 Å². The molecule has 1 saturated heterocycles. The molecule has 0 saturated carbocycles. The second kappa shape index (κ2) is 5.78. The molecule has 0 radical (unpaired) electrons. The van der Waals surface area contributed by atoms with Crippen molar-refractivity contribution in [2.45, 2.75) is 13.0 Å². The summed E-state index contributed by atoms with van der Waals surface area (Å²) in [6, 6.07) is 1.88. The van der Waals surface area contributed by atoms with Crippen LogP contribution in [0.4, 0.5) is 4.79 Å². The maximum absolute atomic E-state index is 12.1. The Morgan fingerprint density at radius 1 is 1.62 bits per heavy atom. The van der Waals surface area contributed by atoms with Gasteiger partial charge in [0, 0.05) is 26.7 Å². The summed E-state index contributed by atoms with van der Waals surface area (Å²) in [5, 5.41) is 24.8. The molecule has 9 heteroatoms. The van der Waals surface area contributed by atoms with Crippen LogP contribution in [0, 0.1) is 17.2 Å². The van der Waals surface area contributed by atoms with E-state index in [1.54, 1.807) is 18.9 Å². The van der Waals surface area contributed by atoms with Crippen LogP contribution in [0.25, 0.3) is 0 Å². The van der Waals surface area contributed by atoms with Gasteiger partial charge in [-0.25, -0.2) is 14.3 Å². The molecule has 9 nitrogen and oxygen atoms in total. The molecule has 0 spiro atoms. The van der Waals surface area contributed by atoms with Gasteiger partial charge in [0.2, 0.25) is 0 Å². The Morgan fingerprint density at radius 2 is 2.29 bits per heavy atom. The number of aromatic carboxylic acids is 1. The van der Waals surface area contributed by atoms with E-state index < -0.39 is 5.97 Å². The second-order valence-corrected chi connectivity index (χ2v) is 5.14. The van der Waals surface area contributed by atoms with Crippen molar-refractivity contribution < 1.29 is 14.7 Å². The minimum absolute atomic E-state index is 0.0589. The van der Waals surface area contributed by atoms with Crippen LogP contribution in [-0.4, -0.2) is 68.6 Å². The molecule has 112 valence electrons. The van der Waals surface area contributed by atoms with Crippen molar-refractivity contribution in [1.29, 1.82) is 5.26 Å². The van der Waals surface area contributed by atoms with Crippen LogP contribution in [0.2, 0.25) is 0 Å². The van der Waals surface area contributed by atoms with E-state index in [2.05, 4.69) is 16.4 Å². The van der Waals surface area contributed by atoms with Gasteiger partial charge in [-0.15, -0.1) is 5.10 Å². The summed E-state index contributed by atoms with van der Waals surface area (Å²) in [7, 11) is 1.65. The smallest absolute Gasteiger partial charge is 0.358 e. The first-order valence-electron chi connectivity index (χ1n) is 6.47. The highest BCUT2D eigenvalue weighted by molar-refractivity contribution is 5.84. The summed E-state index contributed by atoms with van der Waals surface area (Å²) >= 11 is 0. The highest BCUT2D eigenvalue weighted by Gasteiger charge is 2.34. The average Bonchev–Trinajstić information content (AvgIpc) is 2.86. The molecule has 0 aromatic carbocycles. The van der Waals surface area contributed by atoms with Crippen molar-refractivity contribution in [3.8, 4) is 6.07 Å². The molecule has 1 unspecified atom stereocenters. The first-order chi connectivity index (χ1) is 9.92. The summed E-state index contributed by atoms with van der Waals surface area (Å²) in [4.78, 5) is 25.9. The number of urea groups is 1. The van der Waals surface area contributed by atoms with Gasteiger partial charge >= 0.3 is 12.0 Å². The third-order valence-corrected chi connectivity index (χ3v) is 3.33. The molecule has 21 heavy (non-hydrogen) atoms. The minimum atomic E-state index is -1.13. The van der Waals surface area contributed by atoms with Gasteiger partial charge in [0.15, 0.2) is 5.69 Å². The van der Waals surface area contributed by atoms with Gasteiger partial charge in [-0.2, -0.15) is 5.26 Å². The predicted molar refractivity (Wildman–Crippen MR) is 70.4 cm³/mol. The van der Waals surface area contributed by atoms with Gasteiger partial charge in [-0.3, -0.25) is 0 Å². The lowest BCUT2D eigenvalue weighted by Crippen LogP contribution is -2.55. The van der Waals surface area contributed by atoms with Gasteiger partial charge in [-0.1, -0.05) is 5.21 Å². The van der Waals surface area contributed by atoms with Crippen molar-refractivity contribution in [2.24, 2.45) is 5.92 Å². The Balaban J connectivity index is 1.87. The van der Waals surface area contributed by atoms with E-state index in [0.29, 0.717) is 19.6 Å². The molecule has 1 fully saturated rings. The van der Waals surface area contributed by atoms with E-state index >= 15 is 0 Å². The van der Waals surface area contributed by atoms with Crippen molar-refractivity contribution in [3.63, 3.8) is 0 Å². The molecular weight excluding hydrogens is 276 g/mol. The zero-order valence-corrected chi connectivity index (χ0v) is 11.8. The first kappa shape index (κ1) is 14.8. The van der Waals surface area contributed by atoms with E-state index in [1.165, 1.54) is 15.8 Å². The monoisotopic (exact) mass is 292 g/mol. The number of amides is 2. The van der Waals surface area contributed by atoms with Gasteiger partial charge in [0.05, 0.1) is 24.2 Å². The lowest BCUT2D eigenvalue weighted by molar-refractivity contribution is 0.0689. The fourth-order valence-corrected chi connectivity index (χ4v) is 2.10. The highest BCUT2D eigenvalue weighted by Crippen LogP contribution is 2.21. The Labute approximate surface area is 121 Å². The zero-order valence-electron chi connectivity index (χ0n) is 11.8. The number of carboxylic acids is 1. The number of nitriles is 1. The SMILES string of the molecule is CC(C#N)CN(C)C(=O)N1CC(n2cc(C(=O)O)nn2)C1. The molecule has 1 N–H and O–H groups in total. The summed E-state index contributed by atoms with van der Waals surface area (Å²) in [6.07, 6.45) is 1.36. The van der Waals surface area contributed by atoms with Crippen molar-refractivity contribution in [3.05, 3.63) is 11.9 Å². The van der Waals surface area contributed by atoms with E-state index in [9.17, 15) is 9.59 Å². The van der Waals surface area contributed by atoms with Crippen LogP contribution in [-0.2, 0) is 0 Å². The lowest BCUT2D eigenvalue weighted by atomic mass is 10.1. The number of hydrogen-bond acceptors (Lipinski definition) is 5. The van der Waals surface area contributed by atoms with Gasteiger partial charge in [-0.05, 0) is 6.92 Å². The molecule has 2 heterocycles. The normalized spacial score (nSPS) is 16.0. The molecule has 0 bridgehead atoms. The number of carbonyl (C=O) groups is 2. The Hall–Kier alpha value is -2.63. The molecule has 2 amide bonds. The van der Waals surface area contributed by atoms with Crippen LogP contribution in [0.5, 0.6) is 0 Å². The number of aromatic nitrogens is 3. The maximum Gasteiger partial charge on any atom is 0.358 e. The molecule has 1 aromatic rings. The fraction of sp³-hybridized carbons (Fsp3) is 0.583. The number of rotatable bonds is 4. The van der Waals surface area contributed by atoms with Crippen LogP contribution < -0.4 is 0 Å². The van der Waals surface area contributed by atoms with Gasteiger partial charge < -0.3 is 14.9 Å². The fourth-order valence-electron chi connectivity index (χ4n) is 2.10. The van der Waals surface area contributed by atoms with Crippen molar-refractivity contribution in [1.82, 2.24) is 24.8 Å². The predicted octanol–water partition coefficient (Wildman–Crippen LogP) is 0.0445. The van der Waals surface area contributed by atoms with Crippen LogP contribution in [0.3, 0.4) is 0 Å². The molecule has 1 atom stereocenters. The summed E-state index contributed by atoms with van der Waals surface area (Å²) in [5.41, 5.74) is -0.111.